The summed E-state index contributed by atoms with van der Waals surface area (Å²) in [5, 5.41) is 7.43. The average molecular weight is 308 g/mol. The van der Waals surface area contributed by atoms with Gasteiger partial charge in [0.15, 0.2) is 0 Å². The fourth-order valence-electron chi connectivity index (χ4n) is 3.02. The van der Waals surface area contributed by atoms with E-state index in [0.717, 1.165) is 31.4 Å². The molecule has 1 aliphatic rings. The minimum absolute atomic E-state index is 0.132. The van der Waals surface area contributed by atoms with E-state index in [4.69, 9.17) is 18.0 Å². The highest BCUT2D eigenvalue weighted by molar-refractivity contribution is 7.80. The molecule has 0 unspecified atom stereocenters. The van der Waals surface area contributed by atoms with E-state index < -0.39 is 5.54 Å². The lowest BCUT2D eigenvalue weighted by atomic mass is 9.90. The Bertz CT molecular complexity index is 530. The van der Waals surface area contributed by atoms with Crippen molar-refractivity contribution in [1.29, 1.82) is 0 Å². The Morgan fingerprint density at radius 2 is 2.05 bits per heavy atom. The molecule has 0 atom stereocenters. The van der Waals surface area contributed by atoms with Gasteiger partial charge in [0.2, 0.25) is 0 Å². The van der Waals surface area contributed by atoms with E-state index in [9.17, 15) is 4.79 Å². The maximum absolute atomic E-state index is 12.6. The van der Waals surface area contributed by atoms with E-state index in [1.165, 1.54) is 12.8 Å². The van der Waals surface area contributed by atoms with Gasteiger partial charge in [-0.05, 0) is 32.8 Å². The number of rotatable bonds is 4. The molecule has 1 amide bonds. The van der Waals surface area contributed by atoms with Gasteiger partial charge in [0.25, 0.3) is 5.91 Å². The molecule has 1 aromatic rings. The molecule has 0 aromatic carbocycles. The van der Waals surface area contributed by atoms with Crippen LogP contribution < -0.4 is 11.1 Å². The van der Waals surface area contributed by atoms with Crippen molar-refractivity contribution >= 4 is 23.1 Å². The van der Waals surface area contributed by atoms with Crippen LogP contribution in [0.5, 0.6) is 0 Å². The van der Waals surface area contributed by atoms with Crippen molar-refractivity contribution in [2.24, 2.45) is 5.73 Å². The smallest absolute Gasteiger partial charge is 0.270 e. The van der Waals surface area contributed by atoms with Crippen molar-refractivity contribution in [2.75, 3.05) is 0 Å². The van der Waals surface area contributed by atoms with Gasteiger partial charge < -0.3 is 11.1 Å². The van der Waals surface area contributed by atoms with Gasteiger partial charge in [-0.3, -0.25) is 9.48 Å². The van der Waals surface area contributed by atoms with E-state index in [2.05, 4.69) is 10.4 Å². The van der Waals surface area contributed by atoms with Gasteiger partial charge in [-0.1, -0.05) is 37.9 Å². The largest absolute Gasteiger partial charge is 0.391 e. The molecule has 0 bridgehead atoms. The van der Waals surface area contributed by atoms with E-state index in [0.29, 0.717) is 17.2 Å². The molecular formula is C15H24N4OS. The molecule has 0 aliphatic heterocycles. The van der Waals surface area contributed by atoms with Gasteiger partial charge in [0, 0.05) is 6.54 Å². The predicted octanol–water partition coefficient (Wildman–Crippen LogP) is 2.32. The van der Waals surface area contributed by atoms with E-state index in [1.54, 1.807) is 4.68 Å². The van der Waals surface area contributed by atoms with E-state index in [1.807, 2.05) is 19.9 Å². The molecule has 1 aromatic heterocycles. The Hall–Kier alpha value is -1.43. The molecule has 1 fully saturated rings. The monoisotopic (exact) mass is 308 g/mol. The molecule has 1 heterocycles. The number of aryl methyl sites for hydroxylation is 2. The van der Waals surface area contributed by atoms with Gasteiger partial charge in [0.1, 0.15) is 5.69 Å². The first-order valence-electron chi connectivity index (χ1n) is 7.65. The molecule has 0 radical (unpaired) electrons. The fraction of sp³-hybridized carbons (Fsp3) is 0.667. The van der Waals surface area contributed by atoms with Gasteiger partial charge in [-0.25, -0.2) is 0 Å². The third-order valence-electron chi connectivity index (χ3n) is 4.22. The number of hydrogen-bond donors (Lipinski definition) is 2. The molecule has 1 saturated carbocycles. The van der Waals surface area contributed by atoms with Crippen LogP contribution in [0.15, 0.2) is 6.07 Å². The maximum Gasteiger partial charge on any atom is 0.270 e. The highest BCUT2D eigenvalue weighted by atomic mass is 32.1. The highest BCUT2D eigenvalue weighted by Crippen LogP contribution is 2.28. The van der Waals surface area contributed by atoms with Gasteiger partial charge in [0.05, 0.1) is 16.2 Å². The molecule has 2 rings (SSSR count). The predicted molar refractivity (Wildman–Crippen MR) is 87.3 cm³/mol. The molecule has 5 nitrogen and oxygen atoms in total. The van der Waals surface area contributed by atoms with Gasteiger partial charge >= 0.3 is 0 Å². The van der Waals surface area contributed by atoms with Crippen molar-refractivity contribution in [1.82, 2.24) is 15.1 Å². The summed E-state index contributed by atoms with van der Waals surface area (Å²) < 4.78 is 1.72. The molecule has 6 heteroatoms. The summed E-state index contributed by atoms with van der Waals surface area (Å²) in [6.45, 7) is 4.52. The van der Waals surface area contributed by atoms with Crippen LogP contribution in [0.1, 0.15) is 61.6 Å². The number of carbonyl (C=O) groups excluding carboxylic acids is 1. The third kappa shape index (κ3) is 3.43. The van der Waals surface area contributed by atoms with Crippen LogP contribution in [0.2, 0.25) is 0 Å². The summed E-state index contributed by atoms with van der Waals surface area (Å²) in [5.74, 6) is -0.132. The van der Waals surface area contributed by atoms with Crippen LogP contribution in [0.25, 0.3) is 0 Å². The topological polar surface area (TPSA) is 72.9 Å². The molecule has 1 aliphatic carbocycles. The molecular weight excluding hydrogens is 284 g/mol. The molecule has 116 valence electrons. The zero-order chi connectivity index (χ0) is 15.5. The lowest BCUT2D eigenvalue weighted by Gasteiger charge is -2.32. The van der Waals surface area contributed by atoms with E-state index >= 15 is 0 Å². The number of carbonyl (C=O) groups is 1. The van der Waals surface area contributed by atoms with Gasteiger partial charge in [-0.15, -0.1) is 0 Å². The zero-order valence-corrected chi connectivity index (χ0v) is 13.6. The average Bonchev–Trinajstić information content (AvgIpc) is 2.67. The Morgan fingerprint density at radius 3 is 2.57 bits per heavy atom. The van der Waals surface area contributed by atoms with Crippen LogP contribution in [-0.4, -0.2) is 26.2 Å². The third-order valence-corrected chi connectivity index (χ3v) is 4.61. The lowest BCUT2D eigenvalue weighted by Crippen LogP contribution is -2.56. The number of aromatic nitrogens is 2. The number of nitrogens with two attached hydrogens (primary N) is 1. The SMILES string of the molecule is CCn1nc(C)cc1C(=O)NC1(C(N)=S)CCCCCC1. The van der Waals surface area contributed by atoms with Crippen molar-refractivity contribution in [3.8, 4) is 0 Å². The summed E-state index contributed by atoms with van der Waals surface area (Å²) in [6.07, 6.45) is 6.09. The van der Waals surface area contributed by atoms with Crippen LogP contribution in [0, 0.1) is 6.92 Å². The van der Waals surface area contributed by atoms with Crippen LogP contribution in [0.4, 0.5) is 0 Å². The molecule has 0 saturated heterocycles. The van der Waals surface area contributed by atoms with Crippen LogP contribution in [-0.2, 0) is 6.54 Å². The summed E-state index contributed by atoms with van der Waals surface area (Å²) >= 11 is 5.26. The Morgan fingerprint density at radius 1 is 1.43 bits per heavy atom. The first kappa shape index (κ1) is 15.9. The van der Waals surface area contributed by atoms with Crippen molar-refractivity contribution in [3.63, 3.8) is 0 Å². The minimum Gasteiger partial charge on any atom is -0.391 e. The quantitative estimate of drug-likeness (QED) is 0.661. The number of amides is 1. The molecule has 3 N–H and O–H groups in total. The first-order valence-corrected chi connectivity index (χ1v) is 8.06. The molecule has 0 spiro atoms. The standard InChI is InChI=1S/C15H24N4OS/c1-3-19-12(10-11(2)18-19)13(20)17-15(14(16)21)8-6-4-5-7-9-15/h10H,3-9H2,1-2H3,(H2,16,21)(H,17,20). The van der Waals surface area contributed by atoms with E-state index in [-0.39, 0.29) is 5.91 Å². The zero-order valence-electron chi connectivity index (χ0n) is 12.8. The van der Waals surface area contributed by atoms with Crippen molar-refractivity contribution in [2.45, 2.75) is 64.5 Å². The minimum atomic E-state index is -0.542. The van der Waals surface area contributed by atoms with Crippen LogP contribution >= 0.6 is 12.2 Å². The second kappa shape index (κ2) is 6.56. The van der Waals surface area contributed by atoms with Crippen LogP contribution in [0.3, 0.4) is 0 Å². The summed E-state index contributed by atoms with van der Waals surface area (Å²) in [5.41, 5.74) is 6.84. The maximum atomic E-state index is 12.6. The second-order valence-corrected chi connectivity index (χ2v) is 6.24. The Balaban J connectivity index is 2.23. The van der Waals surface area contributed by atoms with Gasteiger partial charge in [-0.2, -0.15) is 5.10 Å². The lowest BCUT2D eigenvalue weighted by molar-refractivity contribution is 0.0906. The van der Waals surface area contributed by atoms with Crippen molar-refractivity contribution in [3.05, 3.63) is 17.5 Å². The summed E-state index contributed by atoms with van der Waals surface area (Å²) in [4.78, 5) is 13.0. The number of hydrogen-bond acceptors (Lipinski definition) is 3. The Labute approximate surface area is 131 Å². The number of nitrogens with zero attached hydrogens (tertiary/aromatic N) is 2. The first-order chi connectivity index (χ1) is 9.98. The normalized spacial score (nSPS) is 18.0. The molecule has 21 heavy (non-hydrogen) atoms. The number of thiocarbonyl (C=S) groups is 1. The number of nitrogens with one attached hydrogen (secondary N) is 1. The highest BCUT2D eigenvalue weighted by Gasteiger charge is 2.36. The summed E-state index contributed by atoms with van der Waals surface area (Å²) in [7, 11) is 0. The van der Waals surface area contributed by atoms with Crippen molar-refractivity contribution < 1.29 is 4.79 Å². The second-order valence-electron chi connectivity index (χ2n) is 5.80. The Kier molecular flexibility index (Phi) is 4.98. The summed E-state index contributed by atoms with van der Waals surface area (Å²) in [6, 6.07) is 1.81. The fourth-order valence-corrected chi connectivity index (χ4v) is 3.27.